The van der Waals surface area contributed by atoms with Crippen LogP contribution >= 0.6 is 0 Å². The Morgan fingerprint density at radius 3 is 2.10 bits per heavy atom. The van der Waals surface area contributed by atoms with Crippen molar-refractivity contribution in [3.8, 4) is 0 Å². The normalized spacial score (nSPS) is 24.2. The number of hydrogen-bond acceptors (Lipinski definition) is 4. The van der Waals surface area contributed by atoms with Gasteiger partial charge in [-0.25, -0.2) is 0 Å². The summed E-state index contributed by atoms with van der Waals surface area (Å²) in [6.07, 6.45) is 0.706. The minimum atomic E-state index is -0.485. The third-order valence-corrected chi connectivity index (χ3v) is 3.65. The molecule has 0 bridgehead atoms. The summed E-state index contributed by atoms with van der Waals surface area (Å²) in [5, 5.41) is 14.5. The monoisotopic (exact) mass is 302 g/mol. The highest BCUT2D eigenvalue weighted by molar-refractivity contribution is 5.77. The molecule has 1 rings (SSSR count). The van der Waals surface area contributed by atoms with E-state index in [9.17, 15) is 10.0 Å². The van der Waals surface area contributed by atoms with Gasteiger partial charge in [-0.05, 0) is 54.9 Å². The number of ether oxygens (including phenoxy) is 1. The van der Waals surface area contributed by atoms with Gasteiger partial charge in [-0.2, -0.15) is 5.06 Å². The number of carbonyl (C=O) groups is 1. The van der Waals surface area contributed by atoms with E-state index in [0.717, 1.165) is 0 Å². The Balaban J connectivity index is 0.00000191. The smallest absolute Gasteiger partial charge is 0.246 e. The molecule has 1 fully saturated rings. The van der Waals surface area contributed by atoms with E-state index in [4.69, 9.17) is 4.74 Å². The van der Waals surface area contributed by atoms with Crippen LogP contribution in [0.15, 0.2) is 0 Å². The van der Waals surface area contributed by atoms with Crippen molar-refractivity contribution in [2.24, 2.45) is 0 Å². The van der Waals surface area contributed by atoms with Crippen molar-refractivity contribution in [2.75, 3.05) is 6.61 Å². The zero-order chi connectivity index (χ0) is 17.1. The molecule has 21 heavy (non-hydrogen) atoms. The second kappa shape index (κ2) is 7.07. The van der Waals surface area contributed by atoms with Gasteiger partial charge in [0.05, 0.1) is 17.2 Å². The Bertz CT molecular complexity index is 346. The number of hydrogen-bond donors (Lipinski definition) is 2. The van der Waals surface area contributed by atoms with E-state index >= 15 is 0 Å². The van der Waals surface area contributed by atoms with Crippen LogP contribution < -0.4 is 5.32 Å². The van der Waals surface area contributed by atoms with E-state index in [1.165, 1.54) is 5.06 Å². The van der Waals surface area contributed by atoms with Crippen LogP contribution in [0.2, 0.25) is 0 Å². The van der Waals surface area contributed by atoms with Crippen LogP contribution in [0.1, 0.15) is 68.7 Å². The first-order chi connectivity index (χ1) is 9.36. The number of hydroxylamine groups is 2. The largest absolute Gasteiger partial charge is 0.366 e. The molecule has 5 heteroatoms. The minimum Gasteiger partial charge on any atom is -0.366 e. The van der Waals surface area contributed by atoms with Gasteiger partial charge in [-0.3, -0.25) is 4.79 Å². The van der Waals surface area contributed by atoms with Crippen molar-refractivity contribution in [1.82, 2.24) is 10.4 Å². The maximum absolute atomic E-state index is 11.9. The van der Waals surface area contributed by atoms with Gasteiger partial charge in [0.15, 0.2) is 0 Å². The SMILES string of the molecule is CC.CC(C)(C)OCC(=O)NC1CC(C)(C)N(O)C1(C)C. The van der Waals surface area contributed by atoms with Gasteiger partial charge in [0.2, 0.25) is 5.91 Å². The Morgan fingerprint density at radius 1 is 1.29 bits per heavy atom. The number of amides is 1. The molecule has 1 aliphatic heterocycles. The molecule has 0 radical (unpaired) electrons. The lowest BCUT2D eigenvalue weighted by Crippen LogP contribution is -2.53. The van der Waals surface area contributed by atoms with Gasteiger partial charge >= 0.3 is 0 Å². The molecule has 1 amide bonds. The van der Waals surface area contributed by atoms with Gasteiger partial charge < -0.3 is 15.3 Å². The first-order valence-corrected chi connectivity index (χ1v) is 7.79. The predicted octanol–water partition coefficient (Wildman–Crippen LogP) is 2.96. The van der Waals surface area contributed by atoms with Crippen LogP contribution in [0, 0.1) is 0 Å². The van der Waals surface area contributed by atoms with E-state index < -0.39 is 5.54 Å². The Morgan fingerprint density at radius 2 is 1.76 bits per heavy atom. The summed E-state index contributed by atoms with van der Waals surface area (Å²) < 4.78 is 5.46. The summed E-state index contributed by atoms with van der Waals surface area (Å²) in [5.41, 5.74) is -1.15. The highest BCUT2D eigenvalue weighted by atomic mass is 16.5. The van der Waals surface area contributed by atoms with Crippen LogP contribution in [0.25, 0.3) is 0 Å². The molecule has 1 aliphatic rings. The first kappa shape index (κ1) is 20.3. The average Bonchev–Trinajstić information content (AvgIpc) is 2.49. The van der Waals surface area contributed by atoms with Crippen LogP contribution in [-0.2, 0) is 9.53 Å². The van der Waals surface area contributed by atoms with Gasteiger partial charge in [0.1, 0.15) is 6.61 Å². The molecule has 5 nitrogen and oxygen atoms in total. The highest BCUT2D eigenvalue weighted by Crippen LogP contribution is 2.38. The molecule has 1 heterocycles. The quantitative estimate of drug-likeness (QED) is 0.841. The summed E-state index contributed by atoms with van der Waals surface area (Å²) >= 11 is 0. The van der Waals surface area contributed by atoms with Crippen molar-refractivity contribution in [3.63, 3.8) is 0 Å². The molecule has 0 saturated carbocycles. The van der Waals surface area contributed by atoms with Crippen LogP contribution in [0.4, 0.5) is 0 Å². The molecule has 1 atom stereocenters. The number of nitrogens with zero attached hydrogens (tertiary/aromatic N) is 1. The van der Waals surface area contributed by atoms with Crippen molar-refractivity contribution in [1.29, 1.82) is 0 Å². The molecule has 0 aromatic carbocycles. The van der Waals surface area contributed by atoms with Crippen molar-refractivity contribution >= 4 is 5.91 Å². The molecule has 126 valence electrons. The van der Waals surface area contributed by atoms with Crippen molar-refractivity contribution in [3.05, 3.63) is 0 Å². The summed E-state index contributed by atoms with van der Waals surface area (Å²) in [6, 6.07) is -0.0939. The van der Waals surface area contributed by atoms with Crippen molar-refractivity contribution < 1.29 is 14.7 Å². The average molecular weight is 302 g/mol. The number of nitrogens with one attached hydrogen (secondary N) is 1. The van der Waals surface area contributed by atoms with Gasteiger partial charge in [0.25, 0.3) is 0 Å². The molecule has 0 spiro atoms. The van der Waals surface area contributed by atoms with E-state index in [0.29, 0.717) is 6.42 Å². The molecule has 0 aromatic rings. The lowest BCUT2D eigenvalue weighted by atomic mass is 9.94. The second-order valence-electron chi connectivity index (χ2n) is 7.50. The summed E-state index contributed by atoms with van der Waals surface area (Å²) in [7, 11) is 0. The lowest BCUT2D eigenvalue weighted by Gasteiger charge is -2.36. The summed E-state index contributed by atoms with van der Waals surface area (Å²) in [5.74, 6) is -0.140. The van der Waals surface area contributed by atoms with E-state index in [-0.39, 0.29) is 29.7 Å². The Kier molecular flexibility index (Phi) is 6.85. The van der Waals surface area contributed by atoms with Crippen LogP contribution in [0.3, 0.4) is 0 Å². The van der Waals surface area contributed by atoms with E-state index in [1.54, 1.807) is 0 Å². The summed E-state index contributed by atoms with van der Waals surface area (Å²) in [4.78, 5) is 11.9. The highest BCUT2D eigenvalue weighted by Gasteiger charge is 2.51. The standard InChI is InChI=1S/C14H28N2O3.C2H6/c1-12(2,3)19-9-11(17)15-10-8-13(4,5)16(18)14(10,6)7;1-2/h10,18H,8-9H2,1-7H3,(H,15,17);1-2H3. The molecule has 2 N–H and O–H groups in total. The third kappa shape index (κ3) is 5.57. The first-order valence-electron chi connectivity index (χ1n) is 7.79. The van der Waals surface area contributed by atoms with Crippen LogP contribution in [-0.4, -0.2) is 45.5 Å². The number of carbonyl (C=O) groups excluding carboxylic acids is 1. The van der Waals surface area contributed by atoms with Gasteiger partial charge in [-0.15, -0.1) is 0 Å². The molecule has 1 unspecified atom stereocenters. The lowest BCUT2D eigenvalue weighted by molar-refractivity contribution is -0.194. The molecular weight excluding hydrogens is 268 g/mol. The topological polar surface area (TPSA) is 61.8 Å². The van der Waals surface area contributed by atoms with Gasteiger partial charge in [0, 0.05) is 5.54 Å². The fourth-order valence-corrected chi connectivity index (χ4v) is 2.51. The summed E-state index contributed by atoms with van der Waals surface area (Å²) in [6.45, 7) is 17.6. The molecule has 1 saturated heterocycles. The predicted molar refractivity (Wildman–Crippen MR) is 85.4 cm³/mol. The Labute approximate surface area is 130 Å². The second-order valence-corrected chi connectivity index (χ2v) is 7.50. The minimum absolute atomic E-state index is 0.0436. The number of rotatable bonds is 3. The molecule has 0 aromatic heterocycles. The third-order valence-electron chi connectivity index (χ3n) is 3.65. The molecule has 0 aliphatic carbocycles. The molecular formula is C16H34N2O3. The zero-order valence-corrected chi connectivity index (χ0v) is 15.2. The fourth-order valence-electron chi connectivity index (χ4n) is 2.51. The Hall–Kier alpha value is -0.650. The maximum Gasteiger partial charge on any atom is 0.246 e. The van der Waals surface area contributed by atoms with Crippen LogP contribution in [0.5, 0.6) is 0 Å². The van der Waals surface area contributed by atoms with E-state index in [2.05, 4.69) is 5.32 Å². The zero-order valence-electron chi connectivity index (χ0n) is 15.2. The maximum atomic E-state index is 11.9. The van der Waals surface area contributed by atoms with Crippen molar-refractivity contribution in [2.45, 2.75) is 91.5 Å². The van der Waals surface area contributed by atoms with Gasteiger partial charge in [-0.1, -0.05) is 13.8 Å². The van der Waals surface area contributed by atoms with E-state index in [1.807, 2.05) is 62.3 Å². The fraction of sp³-hybridized carbons (Fsp3) is 0.938.